The largest absolute Gasteiger partial charge is 0.306 e. The summed E-state index contributed by atoms with van der Waals surface area (Å²) in [6.45, 7) is 8.80. The van der Waals surface area contributed by atoms with Crippen LogP contribution in [0.15, 0.2) is 0 Å². The van der Waals surface area contributed by atoms with Crippen molar-refractivity contribution in [2.24, 2.45) is 5.92 Å². The molecule has 6 heteroatoms. The van der Waals surface area contributed by atoms with Crippen LogP contribution in [0.4, 0.5) is 0 Å². The lowest BCUT2D eigenvalue weighted by molar-refractivity contribution is 0.238. The van der Waals surface area contributed by atoms with Gasteiger partial charge in [-0.25, -0.2) is 12.7 Å². The van der Waals surface area contributed by atoms with Crippen LogP contribution in [0.5, 0.6) is 0 Å². The molecule has 5 nitrogen and oxygen atoms in total. The highest BCUT2D eigenvalue weighted by Gasteiger charge is 2.25. The van der Waals surface area contributed by atoms with E-state index >= 15 is 0 Å². The normalized spacial score (nSPS) is 21.5. The molecule has 0 spiro atoms. The van der Waals surface area contributed by atoms with E-state index in [4.69, 9.17) is 0 Å². The molecule has 0 bridgehead atoms. The van der Waals surface area contributed by atoms with Gasteiger partial charge in [-0.15, -0.1) is 0 Å². The molecule has 0 aromatic carbocycles. The maximum absolute atomic E-state index is 11.7. The molecule has 1 heterocycles. The van der Waals surface area contributed by atoms with Crippen molar-refractivity contribution in [3.63, 3.8) is 0 Å². The Hall–Kier alpha value is -0.170. The number of hydrogen-bond acceptors (Lipinski definition) is 4. The summed E-state index contributed by atoms with van der Waals surface area (Å²) in [7, 11) is 2.25. The molecule has 20 heavy (non-hydrogen) atoms. The van der Waals surface area contributed by atoms with Gasteiger partial charge >= 0.3 is 0 Å². The van der Waals surface area contributed by atoms with Crippen molar-refractivity contribution < 1.29 is 8.42 Å². The third-order valence-electron chi connectivity index (χ3n) is 4.12. The Morgan fingerprint density at radius 3 is 2.40 bits per heavy atom. The molecule has 1 rings (SSSR count). The van der Waals surface area contributed by atoms with E-state index in [-0.39, 0.29) is 5.75 Å². The molecule has 0 radical (unpaired) electrons. The topological polar surface area (TPSA) is 43.9 Å². The van der Waals surface area contributed by atoms with Crippen molar-refractivity contribution in [3.05, 3.63) is 0 Å². The molecule has 1 atom stereocenters. The number of likely N-dealkylation sites (tertiary alicyclic amines) is 1. The van der Waals surface area contributed by atoms with E-state index < -0.39 is 10.0 Å². The Morgan fingerprint density at radius 2 is 1.90 bits per heavy atom. The zero-order chi connectivity index (χ0) is 15.3. The summed E-state index contributed by atoms with van der Waals surface area (Å²) in [5.74, 6) is 0.973. The number of nitrogens with zero attached hydrogens (tertiary/aromatic N) is 3. The second-order valence-corrected chi connectivity index (χ2v) is 8.76. The van der Waals surface area contributed by atoms with Crippen LogP contribution in [0.3, 0.4) is 0 Å². The van der Waals surface area contributed by atoms with Gasteiger partial charge in [0, 0.05) is 33.2 Å². The minimum Gasteiger partial charge on any atom is -0.306 e. The molecule has 0 amide bonds. The lowest BCUT2D eigenvalue weighted by atomic mass is 10.1. The number of hydrogen-bond donors (Lipinski definition) is 0. The fraction of sp³-hybridized carbons (Fsp3) is 1.00. The molecule has 0 aliphatic carbocycles. The smallest absolute Gasteiger partial charge is 0.213 e. The molecule has 1 fully saturated rings. The minimum absolute atomic E-state index is 0.243. The summed E-state index contributed by atoms with van der Waals surface area (Å²) in [4.78, 5) is 4.80. The predicted octanol–water partition coefficient (Wildman–Crippen LogP) is 0.930. The molecule has 0 saturated carbocycles. The van der Waals surface area contributed by atoms with Gasteiger partial charge in [-0.1, -0.05) is 0 Å². The van der Waals surface area contributed by atoms with Crippen LogP contribution < -0.4 is 0 Å². The van der Waals surface area contributed by atoms with Crippen LogP contribution in [0.1, 0.15) is 26.7 Å². The van der Waals surface area contributed by atoms with Gasteiger partial charge in [0.2, 0.25) is 10.0 Å². The van der Waals surface area contributed by atoms with Crippen molar-refractivity contribution >= 4 is 10.0 Å². The monoisotopic (exact) mass is 305 g/mol. The molecule has 0 aromatic heterocycles. The highest BCUT2D eigenvalue weighted by atomic mass is 32.2. The van der Waals surface area contributed by atoms with Gasteiger partial charge in [0.1, 0.15) is 0 Å². The summed E-state index contributed by atoms with van der Waals surface area (Å²) < 4.78 is 24.7. The Morgan fingerprint density at radius 1 is 1.25 bits per heavy atom. The Labute approximate surface area is 125 Å². The van der Waals surface area contributed by atoms with Gasteiger partial charge in [-0.2, -0.15) is 0 Å². The summed E-state index contributed by atoms with van der Waals surface area (Å²) >= 11 is 0. The van der Waals surface area contributed by atoms with E-state index in [1.54, 1.807) is 14.1 Å². The summed E-state index contributed by atoms with van der Waals surface area (Å²) in [5, 5.41) is 0. The first kappa shape index (κ1) is 17.9. The van der Waals surface area contributed by atoms with Crippen LogP contribution in [0, 0.1) is 5.92 Å². The van der Waals surface area contributed by atoms with Gasteiger partial charge in [0.05, 0.1) is 5.75 Å². The summed E-state index contributed by atoms with van der Waals surface area (Å²) in [6.07, 6.45) is 1.97. The predicted molar refractivity (Wildman–Crippen MR) is 84.4 cm³/mol. The lowest BCUT2D eigenvalue weighted by Crippen LogP contribution is -2.33. The average Bonchev–Trinajstić information content (AvgIpc) is 2.77. The highest BCUT2D eigenvalue weighted by molar-refractivity contribution is 7.89. The Kier molecular flexibility index (Phi) is 6.91. The molecule has 0 N–H and O–H groups in total. The molecule has 120 valence electrons. The van der Waals surface area contributed by atoms with Crippen LogP contribution in [-0.4, -0.2) is 81.6 Å². The standard InChI is InChI=1S/C14H31N3O2S/c1-13(2)17-9-7-14(12-17)11-16(5)8-6-10-20(18,19)15(3)4/h13-14H,6-12H2,1-5H3. The Balaban J connectivity index is 2.23. The third kappa shape index (κ3) is 5.68. The van der Waals surface area contributed by atoms with Crippen molar-refractivity contribution in [1.82, 2.24) is 14.1 Å². The van der Waals surface area contributed by atoms with Crippen LogP contribution in [-0.2, 0) is 10.0 Å². The minimum atomic E-state index is -3.04. The molecular formula is C14H31N3O2S. The zero-order valence-corrected chi connectivity index (χ0v) is 14.5. The third-order valence-corrected chi connectivity index (χ3v) is 6.03. The van der Waals surface area contributed by atoms with Crippen LogP contribution in [0.25, 0.3) is 0 Å². The van der Waals surface area contributed by atoms with Crippen molar-refractivity contribution in [2.75, 3.05) is 53.1 Å². The van der Waals surface area contributed by atoms with Crippen LogP contribution >= 0.6 is 0 Å². The van der Waals surface area contributed by atoms with Gasteiger partial charge in [0.15, 0.2) is 0 Å². The van der Waals surface area contributed by atoms with E-state index in [2.05, 4.69) is 30.7 Å². The average molecular weight is 305 g/mol. The van der Waals surface area contributed by atoms with E-state index in [0.29, 0.717) is 12.5 Å². The van der Waals surface area contributed by atoms with Gasteiger partial charge in [0.25, 0.3) is 0 Å². The first-order valence-corrected chi connectivity index (χ1v) is 9.16. The fourth-order valence-corrected chi connectivity index (χ4v) is 3.57. The van der Waals surface area contributed by atoms with Gasteiger partial charge in [-0.05, 0) is 52.7 Å². The van der Waals surface area contributed by atoms with Crippen LogP contribution in [0.2, 0.25) is 0 Å². The highest BCUT2D eigenvalue weighted by Crippen LogP contribution is 2.19. The fourth-order valence-electron chi connectivity index (χ4n) is 2.71. The molecule has 1 unspecified atom stereocenters. The second-order valence-electron chi connectivity index (χ2n) is 6.46. The van der Waals surface area contributed by atoms with Gasteiger partial charge in [-0.3, -0.25) is 0 Å². The first-order valence-electron chi connectivity index (χ1n) is 7.55. The summed E-state index contributed by atoms with van der Waals surface area (Å²) in [5.41, 5.74) is 0. The van der Waals surface area contributed by atoms with Crippen molar-refractivity contribution in [3.8, 4) is 0 Å². The number of sulfonamides is 1. The maximum atomic E-state index is 11.7. The lowest BCUT2D eigenvalue weighted by Gasteiger charge is -2.23. The van der Waals surface area contributed by atoms with E-state index in [0.717, 1.165) is 19.0 Å². The number of rotatable bonds is 8. The van der Waals surface area contributed by atoms with Gasteiger partial charge < -0.3 is 9.80 Å². The van der Waals surface area contributed by atoms with E-state index in [1.807, 2.05) is 0 Å². The first-order chi connectivity index (χ1) is 9.22. The van der Waals surface area contributed by atoms with E-state index in [1.165, 1.54) is 23.8 Å². The quantitative estimate of drug-likeness (QED) is 0.669. The molecular weight excluding hydrogens is 274 g/mol. The Bertz CT molecular complexity index is 382. The zero-order valence-electron chi connectivity index (χ0n) is 13.7. The van der Waals surface area contributed by atoms with Crippen molar-refractivity contribution in [2.45, 2.75) is 32.7 Å². The second kappa shape index (κ2) is 7.73. The molecule has 1 saturated heterocycles. The summed E-state index contributed by atoms with van der Waals surface area (Å²) in [6, 6.07) is 0.635. The maximum Gasteiger partial charge on any atom is 0.213 e. The molecule has 0 aromatic rings. The molecule has 1 aliphatic rings. The van der Waals surface area contributed by atoms with E-state index in [9.17, 15) is 8.42 Å². The SMILES string of the molecule is CC(C)N1CCC(CN(C)CCCS(=O)(=O)N(C)C)C1. The van der Waals surface area contributed by atoms with Crippen molar-refractivity contribution in [1.29, 1.82) is 0 Å². The molecule has 1 aliphatic heterocycles.